The minimum Gasteiger partial charge on any atom is -0.382 e. The van der Waals surface area contributed by atoms with Gasteiger partial charge in [-0.25, -0.2) is 0 Å². The number of anilines is 1. The van der Waals surface area contributed by atoms with Crippen LogP contribution in [-0.2, 0) is 0 Å². The molecule has 2 N–H and O–H groups in total. The number of rotatable bonds is 5. The van der Waals surface area contributed by atoms with Crippen LogP contribution in [0.25, 0.3) is 0 Å². The third kappa shape index (κ3) is 3.71. The van der Waals surface area contributed by atoms with Crippen molar-refractivity contribution >= 4 is 11.6 Å². The van der Waals surface area contributed by atoms with Crippen molar-refractivity contribution in [2.24, 2.45) is 5.92 Å². The number of pyridine rings is 1. The first kappa shape index (κ1) is 14.8. The van der Waals surface area contributed by atoms with E-state index < -0.39 is 0 Å². The summed E-state index contributed by atoms with van der Waals surface area (Å²) in [6.45, 7) is 4.80. The Hall–Kier alpha value is -1.58. The molecular formula is C16H25N3O. The van der Waals surface area contributed by atoms with Gasteiger partial charge in [-0.2, -0.15) is 0 Å². The van der Waals surface area contributed by atoms with E-state index in [0.717, 1.165) is 11.6 Å². The molecule has 1 aromatic heterocycles. The number of carbonyl (C=O) groups is 1. The topological polar surface area (TPSA) is 54.0 Å². The molecule has 2 rings (SSSR count). The van der Waals surface area contributed by atoms with Crippen LogP contribution in [0.4, 0.5) is 5.69 Å². The molecule has 4 nitrogen and oxygen atoms in total. The van der Waals surface area contributed by atoms with Crippen LogP contribution in [0.15, 0.2) is 18.3 Å². The van der Waals surface area contributed by atoms with Gasteiger partial charge in [-0.05, 0) is 37.8 Å². The molecule has 1 aliphatic rings. The van der Waals surface area contributed by atoms with Crippen LogP contribution < -0.4 is 10.6 Å². The first-order valence-electron chi connectivity index (χ1n) is 7.75. The predicted molar refractivity (Wildman–Crippen MR) is 81.9 cm³/mol. The molecule has 0 saturated heterocycles. The van der Waals surface area contributed by atoms with Crippen LogP contribution in [0, 0.1) is 5.92 Å². The monoisotopic (exact) mass is 275 g/mol. The van der Waals surface area contributed by atoms with E-state index in [2.05, 4.69) is 22.5 Å². The first-order chi connectivity index (χ1) is 9.74. The number of nitrogens with one attached hydrogen (secondary N) is 2. The van der Waals surface area contributed by atoms with E-state index in [1.54, 1.807) is 6.20 Å². The maximum absolute atomic E-state index is 11.8. The Kier molecular flexibility index (Phi) is 5.39. The Labute approximate surface area is 121 Å². The van der Waals surface area contributed by atoms with Gasteiger partial charge in [-0.15, -0.1) is 0 Å². The molecule has 20 heavy (non-hydrogen) atoms. The second-order valence-electron chi connectivity index (χ2n) is 5.49. The molecule has 0 spiro atoms. The van der Waals surface area contributed by atoms with Gasteiger partial charge in [0, 0.05) is 24.5 Å². The SMILES string of the molecule is CCNC(=O)c1cc(NC2CCCCC2CC)ccn1. The largest absolute Gasteiger partial charge is 0.382 e. The summed E-state index contributed by atoms with van der Waals surface area (Å²) in [5, 5.41) is 6.38. The van der Waals surface area contributed by atoms with Gasteiger partial charge in [0.25, 0.3) is 5.91 Å². The highest BCUT2D eigenvalue weighted by molar-refractivity contribution is 5.93. The Balaban J connectivity index is 2.05. The third-order valence-corrected chi connectivity index (χ3v) is 4.12. The fraction of sp³-hybridized carbons (Fsp3) is 0.625. The molecule has 1 amide bonds. The van der Waals surface area contributed by atoms with Crippen LogP contribution in [0.3, 0.4) is 0 Å². The number of carbonyl (C=O) groups excluding carboxylic acids is 1. The highest BCUT2D eigenvalue weighted by atomic mass is 16.1. The second kappa shape index (κ2) is 7.27. The summed E-state index contributed by atoms with van der Waals surface area (Å²) in [6.07, 6.45) is 8.09. The van der Waals surface area contributed by atoms with E-state index in [1.807, 2.05) is 19.1 Å². The Morgan fingerprint density at radius 1 is 1.35 bits per heavy atom. The zero-order valence-electron chi connectivity index (χ0n) is 12.5. The average Bonchev–Trinajstić information content (AvgIpc) is 2.48. The summed E-state index contributed by atoms with van der Waals surface area (Å²) >= 11 is 0. The molecule has 0 aliphatic heterocycles. The van der Waals surface area contributed by atoms with Gasteiger partial charge in [0.05, 0.1) is 0 Å². The molecule has 1 fully saturated rings. The van der Waals surface area contributed by atoms with Crippen molar-refractivity contribution in [2.45, 2.75) is 52.0 Å². The number of amides is 1. The summed E-state index contributed by atoms with van der Waals surface area (Å²) in [6, 6.07) is 4.33. The molecule has 2 atom stereocenters. The lowest BCUT2D eigenvalue weighted by molar-refractivity contribution is 0.0951. The highest BCUT2D eigenvalue weighted by Gasteiger charge is 2.23. The Morgan fingerprint density at radius 3 is 2.90 bits per heavy atom. The number of aromatic nitrogens is 1. The summed E-state index contributed by atoms with van der Waals surface area (Å²) in [5.74, 6) is 0.636. The Bertz CT molecular complexity index is 447. The van der Waals surface area contributed by atoms with Crippen LogP contribution in [-0.4, -0.2) is 23.5 Å². The molecular weight excluding hydrogens is 250 g/mol. The minimum absolute atomic E-state index is 0.105. The van der Waals surface area contributed by atoms with Gasteiger partial charge in [0.2, 0.25) is 0 Å². The predicted octanol–water partition coefficient (Wildman–Crippen LogP) is 3.21. The molecule has 2 unspecified atom stereocenters. The molecule has 4 heteroatoms. The molecule has 0 bridgehead atoms. The van der Waals surface area contributed by atoms with Crippen molar-refractivity contribution < 1.29 is 4.79 Å². The van der Waals surface area contributed by atoms with Crippen molar-refractivity contribution in [2.75, 3.05) is 11.9 Å². The zero-order valence-corrected chi connectivity index (χ0v) is 12.5. The maximum atomic E-state index is 11.8. The van der Waals surface area contributed by atoms with Crippen LogP contribution in [0.5, 0.6) is 0 Å². The van der Waals surface area contributed by atoms with Gasteiger partial charge in [0.15, 0.2) is 0 Å². The smallest absolute Gasteiger partial charge is 0.269 e. The third-order valence-electron chi connectivity index (χ3n) is 4.12. The minimum atomic E-state index is -0.105. The maximum Gasteiger partial charge on any atom is 0.269 e. The van der Waals surface area contributed by atoms with Gasteiger partial charge >= 0.3 is 0 Å². The molecule has 0 radical (unpaired) electrons. The fourth-order valence-corrected chi connectivity index (χ4v) is 3.00. The molecule has 110 valence electrons. The summed E-state index contributed by atoms with van der Waals surface area (Å²) in [4.78, 5) is 15.9. The van der Waals surface area contributed by atoms with E-state index in [-0.39, 0.29) is 5.91 Å². The van der Waals surface area contributed by atoms with Gasteiger partial charge in [-0.3, -0.25) is 9.78 Å². The zero-order chi connectivity index (χ0) is 14.4. The highest BCUT2D eigenvalue weighted by Crippen LogP contribution is 2.29. The molecule has 1 heterocycles. The summed E-state index contributed by atoms with van der Waals surface area (Å²) in [7, 11) is 0. The standard InChI is InChI=1S/C16H25N3O/c1-3-12-7-5-6-8-14(12)19-13-9-10-18-15(11-13)16(20)17-4-2/h9-12,14H,3-8H2,1-2H3,(H,17,20)(H,18,19). The van der Waals surface area contributed by atoms with E-state index in [4.69, 9.17) is 0 Å². The van der Waals surface area contributed by atoms with Crippen molar-refractivity contribution in [1.29, 1.82) is 0 Å². The lowest BCUT2D eigenvalue weighted by atomic mass is 9.83. The van der Waals surface area contributed by atoms with Crippen molar-refractivity contribution in [3.05, 3.63) is 24.0 Å². The second-order valence-corrected chi connectivity index (χ2v) is 5.49. The van der Waals surface area contributed by atoms with Crippen molar-refractivity contribution in [1.82, 2.24) is 10.3 Å². The number of hydrogen-bond acceptors (Lipinski definition) is 3. The van der Waals surface area contributed by atoms with E-state index in [1.165, 1.54) is 32.1 Å². The van der Waals surface area contributed by atoms with Gasteiger partial charge in [-0.1, -0.05) is 26.2 Å². The normalized spacial score (nSPS) is 22.3. The first-order valence-corrected chi connectivity index (χ1v) is 7.75. The number of hydrogen-bond donors (Lipinski definition) is 2. The van der Waals surface area contributed by atoms with E-state index in [0.29, 0.717) is 18.3 Å². The molecule has 1 saturated carbocycles. The number of nitrogens with zero attached hydrogens (tertiary/aromatic N) is 1. The summed E-state index contributed by atoms with van der Waals surface area (Å²) < 4.78 is 0. The van der Waals surface area contributed by atoms with Gasteiger partial charge in [0.1, 0.15) is 5.69 Å². The molecule has 1 aliphatic carbocycles. The van der Waals surface area contributed by atoms with Crippen LogP contribution in [0.2, 0.25) is 0 Å². The molecule has 0 aromatic carbocycles. The lowest BCUT2D eigenvalue weighted by Gasteiger charge is -2.32. The van der Waals surface area contributed by atoms with Crippen LogP contribution >= 0.6 is 0 Å². The van der Waals surface area contributed by atoms with Crippen molar-refractivity contribution in [3.8, 4) is 0 Å². The Morgan fingerprint density at radius 2 is 2.15 bits per heavy atom. The van der Waals surface area contributed by atoms with E-state index in [9.17, 15) is 4.79 Å². The quantitative estimate of drug-likeness (QED) is 0.867. The van der Waals surface area contributed by atoms with Gasteiger partial charge < -0.3 is 10.6 Å². The fourth-order valence-electron chi connectivity index (χ4n) is 3.00. The van der Waals surface area contributed by atoms with Crippen LogP contribution in [0.1, 0.15) is 56.4 Å². The summed E-state index contributed by atoms with van der Waals surface area (Å²) in [5.41, 5.74) is 1.49. The molecule has 1 aromatic rings. The lowest BCUT2D eigenvalue weighted by Crippen LogP contribution is -2.32. The van der Waals surface area contributed by atoms with E-state index >= 15 is 0 Å². The van der Waals surface area contributed by atoms with Crippen molar-refractivity contribution in [3.63, 3.8) is 0 Å². The average molecular weight is 275 g/mol.